The third kappa shape index (κ3) is 2.67. The van der Waals surface area contributed by atoms with Gasteiger partial charge in [0.2, 0.25) is 5.91 Å². The number of carbonyl (C=O) groups is 2. The molecule has 110 valence electrons. The zero-order chi connectivity index (χ0) is 14.7. The van der Waals surface area contributed by atoms with E-state index < -0.39 is 0 Å². The molecule has 0 aliphatic carbocycles. The van der Waals surface area contributed by atoms with Crippen LogP contribution in [0.5, 0.6) is 0 Å². The fourth-order valence-electron chi connectivity index (χ4n) is 2.65. The molecule has 20 heavy (non-hydrogen) atoms. The predicted molar refractivity (Wildman–Crippen MR) is 72.0 cm³/mol. The van der Waals surface area contributed by atoms with E-state index in [1.165, 1.54) is 0 Å². The van der Waals surface area contributed by atoms with Gasteiger partial charge in [-0.05, 0) is 6.07 Å². The summed E-state index contributed by atoms with van der Waals surface area (Å²) < 4.78 is 6.70. The van der Waals surface area contributed by atoms with Crippen molar-refractivity contribution in [3.05, 3.63) is 18.0 Å². The van der Waals surface area contributed by atoms with Gasteiger partial charge in [0.05, 0.1) is 12.5 Å². The molecule has 7 nitrogen and oxygen atoms in total. The number of aromatic nitrogens is 2. The van der Waals surface area contributed by atoms with Gasteiger partial charge in [-0.15, -0.1) is 0 Å². The van der Waals surface area contributed by atoms with Gasteiger partial charge in [0.25, 0.3) is 5.91 Å². The molecule has 1 aliphatic heterocycles. The molecule has 2 rings (SSSR count). The summed E-state index contributed by atoms with van der Waals surface area (Å²) in [4.78, 5) is 26.0. The van der Waals surface area contributed by atoms with Crippen LogP contribution in [0.15, 0.2) is 12.3 Å². The van der Waals surface area contributed by atoms with Crippen molar-refractivity contribution in [2.24, 2.45) is 18.9 Å². The summed E-state index contributed by atoms with van der Waals surface area (Å²) in [7, 11) is 4.94. The van der Waals surface area contributed by atoms with Crippen molar-refractivity contribution in [3.63, 3.8) is 0 Å². The Morgan fingerprint density at radius 2 is 2.25 bits per heavy atom. The molecule has 2 atom stereocenters. The maximum absolute atomic E-state index is 12.4. The van der Waals surface area contributed by atoms with Crippen molar-refractivity contribution in [3.8, 4) is 0 Å². The Morgan fingerprint density at radius 1 is 1.50 bits per heavy atom. The molecule has 0 saturated carbocycles. The first-order chi connectivity index (χ1) is 9.58. The maximum Gasteiger partial charge on any atom is 0.272 e. The lowest BCUT2D eigenvalue weighted by Crippen LogP contribution is -2.35. The van der Waals surface area contributed by atoms with Crippen LogP contribution in [0, 0.1) is 11.8 Å². The number of rotatable bonds is 4. The smallest absolute Gasteiger partial charge is 0.272 e. The summed E-state index contributed by atoms with van der Waals surface area (Å²) in [5.41, 5.74) is 0.527. The molecule has 7 heteroatoms. The van der Waals surface area contributed by atoms with Gasteiger partial charge in [0.15, 0.2) is 0 Å². The number of hydrogen-bond acceptors (Lipinski definition) is 4. The highest BCUT2D eigenvalue weighted by Gasteiger charge is 2.39. The molecule has 2 amide bonds. The van der Waals surface area contributed by atoms with Crippen LogP contribution in [0.4, 0.5) is 0 Å². The van der Waals surface area contributed by atoms with Crippen molar-refractivity contribution in [1.29, 1.82) is 0 Å². The zero-order valence-electron chi connectivity index (χ0n) is 12.0. The number of hydrogen-bond donors (Lipinski definition) is 1. The molecule has 0 aromatic carbocycles. The van der Waals surface area contributed by atoms with Crippen molar-refractivity contribution >= 4 is 11.8 Å². The van der Waals surface area contributed by atoms with Crippen molar-refractivity contribution < 1.29 is 14.3 Å². The summed E-state index contributed by atoms with van der Waals surface area (Å²) in [6.07, 6.45) is 1.59. The highest BCUT2D eigenvalue weighted by Crippen LogP contribution is 2.25. The minimum absolute atomic E-state index is 0.0251. The molecule has 2 heterocycles. The second-order valence-electron chi connectivity index (χ2n) is 4.99. The first kappa shape index (κ1) is 14.5. The van der Waals surface area contributed by atoms with Crippen LogP contribution in [-0.2, 0) is 16.6 Å². The minimum atomic E-state index is -0.225. The Morgan fingerprint density at radius 3 is 2.80 bits per heavy atom. The Hall–Kier alpha value is -1.89. The van der Waals surface area contributed by atoms with E-state index >= 15 is 0 Å². The highest BCUT2D eigenvalue weighted by molar-refractivity contribution is 5.93. The lowest BCUT2D eigenvalue weighted by Gasteiger charge is -2.16. The molecular weight excluding hydrogens is 260 g/mol. The van der Waals surface area contributed by atoms with Gasteiger partial charge >= 0.3 is 0 Å². The first-order valence-electron chi connectivity index (χ1n) is 6.56. The summed E-state index contributed by atoms with van der Waals surface area (Å²) >= 11 is 0. The number of likely N-dealkylation sites (tertiary alicyclic amines) is 1. The molecular formula is C13H20N4O3. The van der Waals surface area contributed by atoms with E-state index in [0.29, 0.717) is 25.4 Å². The SMILES string of the molecule is CNC(=O)[C@@H]1CN(C(=O)c2ccnn2C)C[C@H]1COC. The van der Waals surface area contributed by atoms with Crippen LogP contribution in [-0.4, -0.2) is 60.3 Å². The van der Waals surface area contributed by atoms with Crippen LogP contribution in [0.1, 0.15) is 10.5 Å². The van der Waals surface area contributed by atoms with Gasteiger partial charge in [-0.3, -0.25) is 14.3 Å². The number of ether oxygens (including phenoxy) is 1. The van der Waals surface area contributed by atoms with Crippen LogP contribution in [0.2, 0.25) is 0 Å². The van der Waals surface area contributed by atoms with E-state index in [0.717, 1.165) is 0 Å². The number of carbonyl (C=O) groups excluding carboxylic acids is 2. The lowest BCUT2D eigenvalue weighted by molar-refractivity contribution is -0.125. The third-order valence-corrected chi connectivity index (χ3v) is 3.73. The molecule has 1 aliphatic rings. The van der Waals surface area contributed by atoms with E-state index in [-0.39, 0.29) is 23.7 Å². The van der Waals surface area contributed by atoms with E-state index in [9.17, 15) is 9.59 Å². The Labute approximate surface area is 117 Å². The van der Waals surface area contributed by atoms with Gasteiger partial charge in [-0.2, -0.15) is 5.10 Å². The number of aryl methyl sites for hydroxylation is 1. The van der Waals surface area contributed by atoms with Gasteiger partial charge < -0.3 is 15.0 Å². The summed E-state index contributed by atoms with van der Waals surface area (Å²) in [5.74, 6) is -0.348. The number of methoxy groups -OCH3 is 1. The van der Waals surface area contributed by atoms with Gasteiger partial charge in [-0.1, -0.05) is 0 Å². The first-order valence-corrected chi connectivity index (χ1v) is 6.56. The van der Waals surface area contributed by atoms with E-state index in [4.69, 9.17) is 4.74 Å². The van der Waals surface area contributed by atoms with Gasteiger partial charge in [0, 0.05) is 46.4 Å². The molecule has 0 spiro atoms. The number of nitrogens with zero attached hydrogens (tertiary/aromatic N) is 3. The normalized spacial score (nSPS) is 22.1. The standard InChI is InChI=1S/C13H20N4O3/c1-14-12(18)10-7-17(6-9(10)8-20-3)13(19)11-4-5-15-16(11)2/h4-5,9-10H,6-8H2,1-3H3,(H,14,18)/t9-,10+/m0/s1. The molecule has 0 radical (unpaired) electrons. The summed E-state index contributed by atoms with van der Waals surface area (Å²) in [6, 6.07) is 1.68. The van der Waals surface area contributed by atoms with Crippen LogP contribution in [0.25, 0.3) is 0 Å². The van der Waals surface area contributed by atoms with Crippen molar-refractivity contribution in [2.75, 3.05) is 33.9 Å². The van der Waals surface area contributed by atoms with Gasteiger partial charge in [-0.25, -0.2) is 0 Å². The second-order valence-corrected chi connectivity index (χ2v) is 4.99. The Kier molecular flexibility index (Phi) is 4.39. The highest BCUT2D eigenvalue weighted by atomic mass is 16.5. The molecule has 1 N–H and O–H groups in total. The van der Waals surface area contributed by atoms with Gasteiger partial charge in [0.1, 0.15) is 5.69 Å². The second kappa shape index (κ2) is 6.04. The largest absolute Gasteiger partial charge is 0.384 e. The minimum Gasteiger partial charge on any atom is -0.384 e. The Balaban J connectivity index is 2.13. The fourth-order valence-corrected chi connectivity index (χ4v) is 2.65. The average Bonchev–Trinajstić information content (AvgIpc) is 3.04. The van der Waals surface area contributed by atoms with Crippen LogP contribution >= 0.6 is 0 Å². The Bertz CT molecular complexity index is 500. The molecule has 1 aromatic heterocycles. The van der Waals surface area contributed by atoms with E-state index in [1.807, 2.05) is 0 Å². The van der Waals surface area contributed by atoms with Crippen LogP contribution in [0.3, 0.4) is 0 Å². The topological polar surface area (TPSA) is 76.5 Å². The van der Waals surface area contributed by atoms with Crippen molar-refractivity contribution in [1.82, 2.24) is 20.0 Å². The van der Waals surface area contributed by atoms with E-state index in [2.05, 4.69) is 10.4 Å². The average molecular weight is 280 g/mol. The number of nitrogens with one attached hydrogen (secondary N) is 1. The number of amides is 2. The monoisotopic (exact) mass is 280 g/mol. The molecule has 1 saturated heterocycles. The molecule has 0 bridgehead atoms. The van der Waals surface area contributed by atoms with Crippen LogP contribution < -0.4 is 5.32 Å². The molecule has 1 fully saturated rings. The van der Waals surface area contributed by atoms with Crippen molar-refractivity contribution in [2.45, 2.75) is 0 Å². The summed E-state index contributed by atoms with van der Waals surface area (Å²) in [5, 5.41) is 6.65. The maximum atomic E-state index is 12.4. The zero-order valence-corrected chi connectivity index (χ0v) is 12.0. The summed E-state index contributed by atoms with van der Waals surface area (Å²) in [6.45, 7) is 1.40. The lowest BCUT2D eigenvalue weighted by atomic mass is 9.96. The molecule has 1 aromatic rings. The third-order valence-electron chi connectivity index (χ3n) is 3.73. The molecule has 0 unspecified atom stereocenters. The fraction of sp³-hybridized carbons (Fsp3) is 0.615. The van der Waals surface area contributed by atoms with E-state index in [1.54, 1.807) is 43.1 Å². The quantitative estimate of drug-likeness (QED) is 0.807. The predicted octanol–water partition coefficient (Wildman–Crippen LogP) is -0.499.